The third-order valence-electron chi connectivity index (χ3n) is 4.50. The van der Waals surface area contributed by atoms with Crippen LogP contribution in [-0.4, -0.2) is 36.6 Å². The van der Waals surface area contributed by atoms with Crippen molar-refractivity contribution in [2.24, 2.45) is 0 Å². The highest BCUT2D eigenvalue weighted by atomic mass is 16.5. The molecule has 0 bridgehead atoms. The number of aryl methyl sites for hydroxylation is 1. The van der Waals surface area contributed by atoms with E-state index in [1.165, 1.54) is 11.1 Å². The third kappa shape index (κ3) is 3.27. The Morgan fingerprint density at radius 3 is 2.81 bits per heavy atom. The maximum atomic E-state index is 12.1. The Kier molecular flexibility index (Phi) is 4.56. The third-order valence-corrected chi connectivity index (χ3v) is 4.50. The number of nitrogens with one attached hydrogen (secondary N) is 1. The van der Waals surface area contributed by atoms with E-state index < -0.39 is 0 Å². The number of hydrogen-bond acceptors (Lipinski definition) is 3. The molecule has 2 atom stereocenters. The number of amides is 1. The number of hydrogen-bond donors (Lipinski definition) is 1. The molecule has 2 aliphatic heterocycles. The van der Waals surface area contributed by atoms with E-state index in [4.69, 9.17) is 4.74 Å². The van der Waals surface area contributed by atoms with Crippen molar-refractivity contribution in [3.63, 3.8) is 0 Å². The molecule has 2 unspecified atom stereocenters. The number of rotatable bonds is 5. The first-order chi connectivity index (χ1) is 10.3. The van der Waals surface area contributed by atoms with E-state index in [-0.39, 0.29) is 12.1 Å². The Balaban J connectivity index is 1.65. The summed E-state index contributed by atoms with van der Waals surface area (Å²) in [6.45, 7) is 4.24. The lowest BCUT2D eigenvalue weighted by Gasteiger charge is -2.26. The van der Waals surface area contributed by atoms with Crippen molar-refractivity contribution in [3.8, 4) is 0 Å². The van der Waals surface area contributed by atoms with Gasteiger partial charge in [-0.05, 0) is 36.8 Å². The number of benzene rings is 1. The molecule has 0 aromatic heterocycles. The van der Waals surface area contributed by atoms with E-state index in [9.17, 15) is 4.79 Å². The molecule has 0 radical (unpaired) electrons. The molecule has 1 amide bonds. The van der Waals surface area contributed by atoms with Crippen molar-refractivity contribution in [2.45, 2.75) is 44.9 Å². The van der Waals surface area contributed by atoms with Gasteiger partial charge in [-0.2, -0.15) is 0 Å². The van der Waals surface area contributed by atoms with Gasteiger partial charge in [0.25, 0.3) is 0 Å². The summed E-state index contributed by atoms with van der Waals surface area (Å²) in [7, 11) is 0. The summed E-state index contributed by atoms with van der Waals surface area (Å²) in [6.07, 6.45) is 4.62. The Hall–Kier alpha value is -1.39. The molecule has 2 saturated heterocycles. The number of nitrogens with zero attached hydrogens (tertiary/aromatic N) is 1. The second kappa shape index (κ2) is 6.58. The smallest absolute Gasteiger partial charge is 0.238 e. The van der Waals surface area contributed by atoms with Gasteiger partial charge in [0.05, 0.1) is 12.6 Å². The van der Waals surface area contributed by atoms with Crippen LogP contribution in [0.4, 0.5) is 0 Å². The van der Waals surface area contributed by atoms with Crippen molar-refractivity contribution in [1.82, 2.24) is 10.2 Å². The Morgan fingerprint density at radius 1 is 1.33 bits per heavy atom. The fourth-order valence-electron chi connectivity index (χ4n) is 3.18. The van der Waals surface area contributed by atoms with E-state index >= 15 is 0 Å². The van der Waals surface area contributed by atoms with E-state index in [1.54, 1.807) is 0 Å². The van der Waals surface area contributed by atoms with Gasteiger partial charge in [-0.3, -0.25) is 10.1 Å². The summed E-state index contributed by atoms with van der Waals surface area (Å²) >= 11 is 0. The summed E-state index contributed by atoms with van der Waals surface area (Å²) in [4.78, 5) is 14.1. The van der Waals surface area contributed by atoms with Crippen LogP contribution in [-0.2, 0) is 16.0 Å². The maximum Gasteiger partial charge on any atom is 0.238 e. The minimum absolute atomic E-state index is 0.0183. The van der Waals surface area contributed by atoms with Gasteiger partial charge in [-0.25, -0.2) is 0 Å². The Morgan fingerprint density at radius 2 is 2.14 bits per heavy atom. The number of carbonyl (C=O) groups excluding carboxylic acids is 1. The van der Waals surface area contributed by atoms with Gasteiger partial charge in [-0.15, -0.1) is 0 Å². The molecule has 0 spiro atoms. The first kappa shape index (κ1) is 14.5. The van der Waals surface area contributed by atoms with Gasteiger partial charge >= 0.3 is 0 Å². The fourth-order valence-corrected chi connectivity index (χ4v) is 3.18. The Bertz CT molecular complexity index is 480. The predicted octanol–water partition coefficient (Wildman–Crippen LogP) is 2.25. The van der Waals surface area contributed by atoms with Gasteiger partial charge in [0.2, 0.25) is 5.91 Å². The molecule has 3 rings (SSSR count). The molecule has 0 aliphatic carbocycles. The molecule has 2 heterocycles. The van der Waals surface area contributed by atoms with E-state index in [0.717, 1.165) is 38.8 Å². The van der Waals surface area contributed by atoms with E-state index in [1.807, 2.05) is 4.90 Å². The van der Waals surface area contributed by atoms with Crippen LogP contribution in [0.15, 0.2) is 24.3 Å². The molecule has 4 nitrogen and oxygen atoms in total. The summed E-state index contributed by atoms with van der Waals surface area (Å²) in [5, 5.41) is 3.32. The summed E-state index contributed by atoms with van der Waals surface area (Å²) in [5.74, 6) is 0.192. The fraction of sp³-hybridized carbons (Fsp3) is 0.588. The van der Waals surface area contributed by atoms with Crippen LogP contribution >= 0.6 is 0 Å². The standard InChI is InChI=1S/C17H24N2O2/c1-2-13-5-7-14(8-6-13)17-18-12-16(20)19(17)10-9-15-4-3-11-21-15/h5-8,15,17-18H,2-4,9-12H2,1H3. The number of ether oxygens (including phenoxy) is 1. The quantitative estimate of drug-likeness (QED) is 0.903. The SMILES string of the molecule is CCc1ccc(C2NCC(=O)N2CCC2CCCO2)cc1. The lowest BCUT2D eigenvalue weighted by molar-refractivity contribution is -0.128. The van der Waals surface area contributed by atoms with Gasteiger partial charge in [0.1, 0.15) is 6.17 Å². The molecule has 114 valence electrons. The van der Waals surface area contributed by atoms with Crippen molar-refractivity contribution >= 4 is 5.91 Å². The largest absolute Gasteiger partial charge is 0.378 e. The molecular weight excluding hydrogens is 264 g/mol. The monoisotopic (exact) mass is 288 g/mol. The van der Waals surface area contributed by atoms with Crippen molar-refractivity contribution in [1.29, 1.82) is 0 Å². The molecule has 1 N–H and O–H groups in total. The minimum Gasteiger partial charge on any atom is -0.378 e. The molecule has 4 heteroatoms. The van der Waals surface area contributed by atoms with Gasteiger partial charge in [0, 0.05) is 13.2 Å². The minimum atomic E-state index is 0.0183. The molecular formula is C17H24N2O2. The summed E-state index contributed by atoms with van der Waals surface area (Å²) in [5.41, 5.74) is 2.50. The second-order valence-corrected chi connectivity index (χ2v) is 5.89. The van der Waals surface area contributed by atoms with Gasteiger partial charge in [0.15, 0.2) is 0 Å². The van der Waals surface area contributed by atoms with Gasteiger partial charge in [-0.1, -0.05) is 31.2 Å². The van der Waals surface area contributed by atoms with Crippen molar-refractivity contribution in [3.05, 3.63) is 35.4 Å². The molecule has 21 heavy (non-hydrogen) atoms. The van der Waals surface area contributed by atoms with Crippen LogP contribution in [0.25, 0.3) is 0 Å². The van der Waals surface area contributed by atoms with Crippen LogP contribution in [0.2, 0.25) is 0 Å². The highest BCUT2D eigenvalue weighted by Crippen LogP contribution is 2.25. The molecule has 2 aliphatic rings. The summed E-state index contributed by atoms with van der Waals surface area (Å²) in [6, 6.07) is 8.57. The lowest BCUT2D eigenvalue weighted by atomic mass is 10.1. The second-order valence-electron chi connectivity index (χ2n) is 5.89. The normalized spacial score (nSPS) is 25.8. The first-order valence-electron chi connectivity index (χ1n) is 8.01. The molecule has 1 aromatic rings. The van der Waals surface area contributed by atoms with E-state index in [0.29, 0.717) is 12.6 Å². The average Bonchev–Trinajstić information content (AvgIpc) is 3.15. The van der Waals surface area contributed by atoms with Crippen LogP contribution in [0.3, 0.4) is 0 Å². The number of carbonyl (C=O) groups is 1. The van der Waals surface area contributed by atoms with E-state index in [2.05, 4.69) is 36.5 Å². The van der Waals surface area contributed by atoms with Crippen molar-refractivity contribution in [2.75, 3.05) is 19.7 Å². The predicted molar refractivity (Wildman–Crippen MR) is 81.9 cm³/mol. The molecule has 2 fully saturated rings. The molecule has 1 aromatic carbocycles. The Labute approximate surface area is 126 Å². The van der Waals surface area contributed by atoms with Gasteiger partial charge < -0.3 is 9.64 Å². The highest BCUT2D eigenvalue weighted by molar-refractivity contribution is 5.80. The average molecular weight is 288 g/mol. The van der Waals surface area contributed by atoms with Crippen LogP contribution in [0.5, 0.6) is 0 Å². The topological polar surface area (TPSA) is 41.6 Å². The first-order valence-corrected chi connectivity index (χ1v) is 8.01. The van der Waals surface area contributed by atoms with Crippen LogP contribution in [0.1, 0.15) is 43.5 Å². The zero-order valence-corrected chi connectivity index (χ0v) is 12.7. The lowest BCUT2D eigenvalue weighted by Crippen LogP contribution is -2.32. The zero-order chi connectivity index (χ0) is 14.7. The zero-order valence-electron chi connectivity index (χ0n) is 12.7. The highest BCUT2D eigenvalue weighted by Gasteiger charge is 2.32. The van der Waals surface area contributed by atoms with Crippen molar-refractivity contribution < 1.29 is 9.53 Å². The van der Waals surface area contributed by atoms with Crippen LogP contribution in [0, 0.1) is 0 Å². The maximum absolute atomic E-state index is 12.1. The molecule has 0 saturated carbocycles. The summed E-state index contributed by atoms with van der Waals surface area (Å²) < 4.78 is 5.66. The van der Waals surface area contributed by atoms with Crippen LogP contribution < -0.4 is 5.32 Å².